The van der Waals surface area contributed by atoms with E-state index in [-0.39, 0.29) is 33.4 Å². The predicted octanol–water partition coefficient (Wildman–Crippen LogP) is 3.53. The number of ether oxygens (including phenoxy) is 1. The van der Waals surface area contributed by atoms with Crippen LogP contribution in [-0.2, 0) is 0 Å². The Kier molecular flexibility index (Phi) is 6.71. The number of aliphatic hydroxyl groups is 2. The lowest BCUT2D eigenvalue weighted by atomic mass is 10.1. The van der Waals surface area contributed by atoms with Gasteiger partial charge in [-0.25, -0.2) is 9.18 Å². The van der Waals surface area contributed by atoms with Gasteiger partial charge in [-0.1, -0.05) is 23.2 Å². The Bertz CT molecular complexity index is 1150. The third-order valence-corrected chi connectivity index (χ3v) is 4.89. The van der Waals surface area contributed by atoms with Gasteiger partial charge < -0.3 is 30.4 Å². The van der Waals surface area contributed by atoms with Crippen LogP contribution in [0.25, 0.3) is 11.0 Å². The zero-order chi connectivity index (χ0) is 22.8. The topological polar surface area (TPSA) is 135 Å². The number of ketones is 1. The van der Waals surface area contributed by atoms with Crippen LogP contribution in [0.4, 0.5) is 14.9 Å². The first-order chi connectivity index (χ1) is 14.7. The van der Waals surface area contributed by atoms with E-state index in [0.717, 1.165) is 0 Å². The van der Waals surface area contributed by atoms with E-state index in [1.165, 1.54) is 36.4 Å². The second-order valence-electron chi connectivity index (χ2n) is 6.71. The number of hydrogen-bond acceptors (Lipinski definition) is 6. The van der Waals surface area contributed by atoms with Gasteiger partial charge in [0.25, 0.3) is 0 Å². The van der Waals surface area contributed by atoms with Gasteiger partial charge in [0.15, 0.2) is 5.76 Å². The third kappa shape index (κ3) is 4.91. The molecule has 1 aromatic heterocycles. The van der Waals surface area contributed by atoms with Crippen molar-refractivity contribution in [3.8, 4) is 5.75 Å². The number of carbonyl (C=O) groups excluding carboxylic acids is 2. The molecule has 0 spiro atoms. The highest BCUT2D eigenvalue weighted by molar-refractivity contribution is 6.37. The molecule has 3 aromatic rings. The van der Waals surface area contributed by atoms with Crippen LogP contribution in [0.1, 0.15) is 16.1 Å². The maximum absolute atomic E-state index is 13.0. The van der Waals surface area contributed by atoms with Crippen LogP contribution in [-0.4, -0.2) is 47.5 Å². The minimum absolute atomic E-state index is 0.0284. The largest absolute Gasteiger partial charge is 0.490 e. The van der Waals surface area contributed by atoms with Crippen LogP contribution >= 0.6 is 23.2 Å². The number of nitrogens with one attached hydrogen (secondary N) is 1. The van der Waals surface area contributed by atoms with Gasteiger partial charge in [0.05, 0.1) is 11.6 Å². The van der Waals surface area contributed by atoms with Crippen LogP contribution in [0.15, 0.2) is 40.8 Å². The van der Waals surface area contributed by atoms with Gasteiger partial charge >= 0.3 is 6.03 Å². The zero-order valence-corrected chi connectivity index (χ0v) is 17.3. The summed E-state index contributed by atoms with van der Waals surface area (Å²) in [6.07, 6.45) is 0. The van der Waals surface area contributed by atoms with Crippen molar-refractivity contribution in [2.24, 2.45) is 5.73 Å². The van der Waals surface area contributed by atoms with E-state index in [9.17, 15) is 19.1 Å². The number of urea groups is 1. The molecule has 11 heteroatoms. The van der Waals surface area contributed by atoms with Gasteiger partial charge in [-0.3, -0.25) is 4.79 Å². The number of halogens is 3. The molecule has 0 radical (unpaired) electrons. The number of aliphatic hydroxyl groups excluding tert-OH is 1. The SMILES string of the molecule is NC(=O)Nc1c(C(=O)c2ccc(Cl)cc2Cl)oc2cc(OCC(O)(CO)CF)ccc12. The molecule has 1 heterocycles. The fourth-order valence-electron chi connectivity index (χ4n) is 2.71. The molecule has 0 fully saturated rings. The first kappa shape index (κ1) is 22.8. The number of fused-ring (bicyclic) bond motifs is 1. The summed E-state index contributed by atoms with van der Waals surface area (Å²) in [5.41, 5.74) is 3.44. The number of hydrogen-bond donors (Lipinski definition) is 4. The van der Waals surface area contributed by atoms with Crippen molar-refractivity contribution in [2.45, 2.75) is 5.60 Å². The quantitative estimate of drug-likeness (QED) is 0.372. The molecule has 0 aliphatic heterocycles. The Morgan fingerprint density at radius 2 is 1.97 bits per heavy atom. The molecule has 0 saturated carbocycles. The number of furan rings is 1. The zero-order valence-electron chi connectivity index (χ0n) is 15.8. The van der Waals surface area contributed by atoms with Gasteiger partial charge in [0.2, 0.25) is 5.78 Å². The van der Waals surface area contributed by atoms with E-state index >= 15 is 0 Å². The van der Waals surface area contributed by atoms with Crippen molar-refractivity contribution in [1.29, 1.82) is 0 Å². The fourth-order valence-corrected chi connectivity index (χ4v) is 3.21. The number of carbonyl (C=O) groups is 2. The summed E-state index contributed by atoms with van der Waals surface area (Å²) >= 11 is 12.0. The minimum atomic E-state index is -2.05. The van der Waals surface area contributed by atoms with Crippen LogP contribution < -0.4 is 15.8 Å². The van der Waals surface area contributed by atoms with E-state index in [1.54, 1.807) is 0 Å². The molecule has 164 valence electrons. The lowest BCUT2D eigenvalue weighted by Gasteiger charge is -2.22. The Labute approximate surface area is 185 Å². The van der Waals surface area contributed by atoms with Crippen LogP contribution in [0.5, 0.6) is 5.75 Å². The van der Waals surface area contributed by atoms with Crippen molar-refractivity contribution in [3.63, 3.8) is 0 Å². The lowest BCUT2D eigenvalue weighted by molar-refractivity contribution is -0.0620. The molecule has 0 bridgehead atoms. The molecule has 0 saturated heterocycles. The number of alkyl halides is 1. The first-order valence-corrected chi connectivity index (χ1v) is 9.58. The molecule has 5 N–H and O–H groups in total. The van der Waals surface area contributed by atoms with Crippen LogP contribution in [0.2, 0.25) is 10.0 Å². The number of anilines is 1. The summed E-state index contributed by atoms with van der Waals surface area (Å²) in [4.78, 5) is 24.5. The highest BCUT2D eigenvalue weighted by Crippen LogP contribution is 2.36. The average Bonchev–Trinajstić information content (AvgIpc) is 3.08. The number of nitrogens with two attached hydrogens (primary N) is 1. The number of rotatable bonds is 8. The summed E-state index contributed by atoms with van der Waals surface area (Å²) in [5.74, 6) is -0.697. The van der Waals surface area contributed by atoms with Gasteiger partial charge in [0, 0.05) is 22.0 Å². The average molecular weight is 471 g/mol. The molecule has 2 aromatic carbocycles. The lowest BCUT2D eigenvalue weighted by Crippen LogP contribution is -2.42. The molecule has 8 nitrogen and oxygen atoms in total. The maximum Gasteiger partial charge on any atom is 0.316 e. The van der Waals surface area contributed by atoms with Crippen molar-refractivity contribution < 1.29 is 33.3 Å². The smallest absolute Gasteiger partial charge is 0.316 e. The van der Waals surface area contributed by atoms with E-state index in [0.29, 0.717) is 10.4 Å². The number of primary amides is 1. The summed E-state index contributed by atoms with van der Waals surface area (Å²) in [6.45, 7) is -2.57. The van der Waals surface area contributed by atoms with E-state index in [1.807, 2.05) is 0 Å². The summed E-state index contributed by atoms with van der Waals surface area (Å²) in [5, 5.41) is 22.0. The van der Waals surface area contributed by atoms with E-state index in [2.05, 4.69) is 5.32 Å². The standard InChI is InChI=1S/C20H17Cl2FN2O6/c21-10-1-3-12(14(22)5-10)17(27)18-16(25-19(24)28)13-4-2-11(6-15(13)31-18)30-9-20(29,7-23)8-26/h1-6,26,29H,7-9H2,(H3,24,25,28). The number of benzene rings is 2. The van der Waals surface area contributed by atoms with Crippen LogP contribution in [0, 0.1) is 0 Å². The highest BCUT2D eigenvalue weighted by atomic mass is 35.5. The highest BCUT2D eigenvalue weighted by Gasteiger charge is 2.28. The Hall–Kier alpha value is -2.85. The predicted molar refractivity (Wildman–Crippen MR) is 113 cm³/mol. The van der Waals surface area contributed by atoms with Gasteiger partial charge in [-0.2, -0.15) is 0 Å². The Balaban J connectivity index is 2.02. The summed E-state index contributed by atoms with van der Waals surface area (Å²) < 4.78 is 23.8. The molecule has 2 amide bonds. The monoisotopic (exact) mass is 470 g/mol. The maximum atomic E-state index is 13.0. The van der Waals surface area contributed by atoms with Gasteiger partial charge in [0.1, 0.15) is 35.9 Å². The fraction of sp³-hybridized carbons (Fsp3) is 0.200. The van der Waals surface area contributed by atoms with E-state index < -0.39 is 37.3 Å². The molecule has 31 heavy (non-hydrogen) atoms. The molecular formula is C20H17Cl2FN2O6. The normalized spacial score (nSPS) is 13.1. The summed E-state index contributed by atoms with van der Waals surface area (Å²) in [7, 11) is 0. The molecule has 0 aliphatic rings. The third-order valence-electron chi connectivity index (χ3n) is 4.34. The van der Waals surface area contributed by atoms with Crippen molar-refractivity contribution in [3.05, 3.63) is 57.8 Å². The van der Waals surface area contributed by atoms with Gasteiger partial charge in [-0.15, -0.1) is 0 Å². The molecule has 3 rings (SSSR count). The van der Waals surface area contributed by atoms with Crippen molar-refractivity contribution in [1.82, 2.24) is 0 Å². The number of amides is 2. The van der Waals surface area contributed by atoms with Crippen LogP contribution in [0.3, 0.4) is 0 Å². The van der Waals surface area contributed by atoms with E-state index in [4.69, 9.17) is 43.2 Å². The summed E-state index contributed by atoms with van der Waals surface area (Å²) in [6, 6.07) is 7.66. The van der Waals surface area contributed by atoms with Gasteiger partial charge in [-0.05, 0) is 30.3 Å². The molecule has 1 unspecified atom stereocenters. The Morgan fingerprint density at radius 1 is 1.23 bits per heavy atom. The van der Waals surface area contributed by atoms with Crippen molar-refractivity contribution in [2.75, 3.05) is 25.2 Å². The molecule has 0 aliphatic carbocycles. The Morgan fingerprint density at radius 3 is 2.58 bits per heavy atom. The second kappa shape index (κ2) is 9.11. The van der Waals surface area contributed by atoms with Crippen molar-refractivity contribution >= 4 is 51.7 Å². The molecular weight excluding hydrogens is 454 g/mol. The first-order valence-electron chi connectivity index (χ1n) is 8.82. The second-order valence-corrected chi connectivity index (χ2v) is 7.56. The minimum Gasteiger partial charge on any atom is -0.490 e. The molecule has 1 atom stereocenters.